The number of rotatable bonds is 6. The highest BCUT2D eigenvalue weighted by Gasteiger charge is 2.31. The second kappa shape index (κ2) is 8.39. The van der Waals surface area contributed by atoms with Gasteiger partial charge in [0.05, 0.1) is 16.1 Å². The molecular formula is C21H13ClF3N3O4. The highest BCUT2D eigenvalue weighted by molar-refractivity contribution is 6.32. The molecule has 3 aromatic carbocycles. The summed E-state index contributed by atoms with van der Waals surface area (Å²) in [5.41, 5.74) is 0.562. The second-order valence-electron chi connectivity index (χ2n) is 6.55. The lowest BCUT2D eigenvalue weighted by molar-refractivity contribution is -0.139. The molecule has 0 fully saturated rings. The lowest BCUT2D eigenvalue weighted by Gasteiger charge is -2.12. The molecule has 4 aromatic rings. The molecule has 4 rings (SSSR count). The SMILES string of the molecule is O=C(O)COc1ccccc1-n1nnc2ccc(Oc3ccc(C(F)(F)F)cc3Cl)cc21. The molecule has 164 valence electrons. The van der Waals surface area contributed by atoms with E-state index < -0.39 is 24.3 Å². The Morgan fingerprint density at radius 1 is 1.06 bits per heavy atom. The molecule has 0 saturated carbocycles. The van der Waals surface area contributed by atoms with Crippen molar-refractivity contribution >= 4 is 28.6 Å². The van der Waals surface area contributed by atoms with E-state index in [1.807, 2.05) is 0 Å². The Bertz CT molecular complexity index is 1310. The summed E-state index contributed by atoms with van der Waals surface area (Å²) in [6, 6.07) is 14.2. The van der Waals surface area contributed by atoms with Crippen molar-refractivity contribution in [3.8, 4) is 22.9 Å². The Labute approximate surface area is 183 Å². The Morgan fingerprint density at radius 3 is 2.56 bits per heavy atom. The maximum atomic E-state index is 12.8. The van der Waals surface area contributed by atoms with Gasteiger partial charge in [-0.05, 0) is 42.5 Å². The normalized spacial score (nSPS) is 11.5. The number of para-hydroxylation sites is 2. The minimum atomic E-state index is -4.52. The minimum absolute atomic E-state index is 0.0447. The van der Waals surface area contributed by atoms with Crippen LogP contribution in [0.1, 0.15) is 5.56 Å². The first kappa shape index (κ1) is 21.4. The molecule has 0 radical (unpaired) electrons. The van der Waals surface area contributed by atoms with E-state index in [0.29, 0.717) is 16.7 Å². The van der Waals surface area contributed by atoms with Gasteiger partial charge in [-0.15, -0.1) is 5.10 Å². The molecule has 1 heterocycles. The molecule has 1 aromatic heterocycles. The number of aromatic nitrogens is 3. The number of carboxylic acids is 1. The quantitative estimate of drug-likeness (QED) is 0.415. The Kier molecular flexibility index (Phi) is 5.62. The molecule has 0 saturated heterocycles. The standard InChI is InChI=1S/C21H13ClF3N3O4/c22-14-9-12(21(23,24)25)5-8-18(14)32-13-6-7-15-17(10-13)28(27-26-15)16-3-1-2-4-19(16)31-11-20(29)30/h1-10H,11H2,(H,29,30). The third-order valence-electron chi connectivity index (χ3n) is 4.35. The summed E-state index contributed by atoms with van der Waals surface area (Å²) in [5, 5.41) is 16.8. The van der Waals surface area contributed by atoms with Gasteiger partial charge >= 0.3 is 12.1 Å². The highest BCUT2D eigenvalue weighted by atomic mass is 35.5. The predicted octanol–water partition coefficient (Wildman–Crippen LogP) is 5.35. The van der Waals surface area contributed by atoms with Gasteiger partial charge in [0.15, 0.2) is 6.61 Å². The summed E-state index contributed by atoms with van der Waals surface area (Å²) < 4.78 is 51.0. The molecule has 0 unspecified atom stereocenters. The van der Waals surface area contributed by atoms with E-state index >= 15 is 0 Å². The maximum absolute atomic E-state index is 12.8. The van der Waals surface area contributed by atoms with Gasteiger partial charge in [0.1, 0.15) is 28.5 Å². The van der Waals surface area contributed by atoms with Gasteiger partial charge in [0, 0.05) is 6.07 Å². The number of carbonyl (C=O) groups is 1. The molecule has 0 aliphatic heterocycles. The fourth-order valence-electron chi connectivity index (χ4n) is 2.92. The van der Waals surface area contributed by atoms with Crippen LogP contribution in [0.2, 0.25) is 5.02 Å². The van der Waals surface area contributed by atoms with Crippen LogP contribution in [0.5, 0.6) is 17.2 Å². The number of hydrogen-bond donors (Lipinski definition) is 1. The third-order valence-corrected chi connectivity index (χ3v) is 4.64. The fraction of sp³-hybridized carbons (Fsp3) is 0.0952. The van der Waals surface area contributed by atoms with Crippen molar-refractivity contribution in [1.29, 1.82) is 0 Å². The molecule has 0 spiro atoms. The van der Waals surface area contributed by atoms with Crippen molar-refractivity contribution in [2.24, 2.45) is 0 Å². The zero-order chi connectivity index (χ0) is 22.9. The summed E-state index contributed by atoms with van der Waals surface area (Å²) in [6.07, 6.45) is -4.52. The first-order valence-electron chi connectivity index (χ1n) is 9.06. The minimum Gasteiger partial charge on any atom is -0.480 e. The van der Waals surface area contributed by atoms with Gasteiger partial charge in [-0.3, -0.25) is 0 Å². The molecule has 0 amide bonds. The number of hydrogen-bond acceptors (Lipinski definition) is 5. The number of alkyl halides is 3. The molecule has 0 bridgehead atoms. The fourth-order valence-corrected chi connectivity index (χ4v) is 3.14. The van der Waals surface area contributed by atoms with Crippen LogP contribution in [0.25, 0.3) is 16.7 Å². The summed E-state index contributed by atoms with van der Waals surface area (Å²) in [5.74, 6) is -0.527. The van der Waals surface area contributed by atoms with Crippen molar-refractivity contribution < 1.29 is 32.5 Å². The Balaban J connectivity index is 1.68. The van der Waals surface area contributed by atoms with Crippen LogP contribution in [0.3, 0.4) is 0 Å². The molecule has 7 nitrogen and oxygen atoms in total. The summed E-state index contributed by atoms with van der Waals surface area (Å²) >= 11 is 5.97. The molecule has 11 heteroatoms. The third kappa shape index (κ3) is 4.45. The molecular weight excluding hydrogens is 451 g/mol. The molecule has 0 aliphatic rings. The van der Waals surface area contributed by atoms with Gasteiger partial charge in [0.25, 0.3) is 0 Å². The lowest BCUT2D eigenvalue weighted by Crippen LogP contribution is -2.11. The molecule has 0 aliphatic carbocycles. The van der Waals surface area contributed by atoms with E-state index in [0.717, 1.165) is 18.2 Å². The molecule has 32 heavy (non-hydrogen) atoms. The van der Waals surface area contributed by atoms with E-state index in [1.54, 1.807) is 42.5 Å². The Morgan fingerprint density at radius 2 is 1.84 bits per heavy atom. The van der Waals surface area contributed by atoms with E-state index in [1.165, 1.54) is 4.68 Å². The molecule has 0 atom stereocenters. The van der Waals surface area contributed by atoms with Crippen LogP contribution in [0.4, 0.5) is 13.2 Å². The summed E-state index contributed by atoms with van der Waals surface area (Å²) in [6.45, 7) is -0.537. The highest BCUT2D eigenvalue weighted by Crippen LogP contribution is 2.37. The van der Waals surface area contributed by atoms with E-state index in [4.69, 9.17) is 26.2 Å². The van der Waals surface area contributed by atoms with Crippen molar-refractivity contribution in [1.82, 2.24) is 15.0 Å². The number of benzene rings is 3. The number of carboxylic acid groups (broad SMARTS) is 1. The number of aliphatic carboxylic acids is 1. The van der Waals surface area contributed by atoms with E-state index in [9.17, 15) is 18.0 Å². The average molecular weight is 464 g/mol. The number of ether oxygens (including phenoxy) is 2. The summed E-state index contributed by atoms with van der Waals surface area (Å²) in [7, 11) is 0. The van der Waals surface area contributed by atoms with Crippen molar-refractivity contribution in [3.05, 3.63) is 71.2 Å². The smallest absolute Gasteiger partial charge is 0.416 e. The van der Waals surface area contributed by atoms with Crippen LogP contribution < -0.4 is 9.47 Å². The topological polar surface area (TPSA) is 86.5 Å². The average Bonchev–Trinajstić information content (AvgIpc) is 3.16. The Hall–Kier alpha value is -3.79. The van der Waals surface area contributed by atoms with Crippen molar-refractivity contribution in [2.75, 3.05) is 6.61 Å². The summed E-state index contributed by atoms with van der Waals surface area (Å²) in [4.78, 5) is 10.9. The zero-order valence-corrected chi connectivity index (χ0v) is 16.8. The van der Waals surface area contributed by atoms with Crippen LogP contribution in [0.15, 0.2) is 60.7 Å². The van der Waals surface area contributed by atoms with Gasteiger partial charge in [0.2, 0.25) is 0 Å². The van der Waals surface area contributed by atoms with Crippen molar-refractivity contribution in [3.63, 3.8) is 0 Å². The number of halogens is 4. The van der Waals surface area contributed by atoms with Gasteiger partial charge in [-0.25, -0.2) is 9.48 Å². The first-order valence-corrected chi connectivity index (χ1v) is 9.44. The van der Waals surface area contributed by atoms with E-state index in [-0.39, 0.29) is 22.3 Å². The maximum Gasteiger partial charge on any atom is 0.416 e. The monoisotopic (exact) mass is 463 g/mol. The zero-order valence-electron chi connectivity index (χ0n) is 16.0. The number of nitrogens with zero attached hydrogens (tertiary/aromatic N) is 3. The van der Waals surface area contributed by atoms with E-state index in [2.05, 4.69) is 10.3 Å². The van der Waals surface area contributed by atoms with Crippen molar-refractivity contribution in [2.45, 2.75) is 6.18 Å². The second-order valence-corrected chi connectivity index (χ2v) is 6.95. The predicted molar refractivity (Wildman–Crippen MR) is 109 cm³/mol. The van der Waals surface area contributed by atoms with Gasteiger partial charge in [-0.2, -0.15) is 13.2 Å². The van der Waals surface area contributed by atoms with Crippen LogP contribution in [-0.4, -0.2) is 32.7 Å². The lowest BCUT2D eigenvalue weighted by atomic mass is 10.2. The number of fused-ring (bicyclic) bond motifs is 1. The van der Waals surface area contributed by atoms with Gasteiger partial charge in [-0.1, -0.05) is 28.9 Å². The van der Waals surface area contributed by atoms with Gasteiger partial charge < -0.3 is 14.6 Å². The van der Waals surface area contributed by atoms with Crippen LogP contribution in [0, 0.1) is 0 Å². The molecule has 1 N–H and O–H groups in total. The van der Waals surface area contributed by atoms with Crippen LogP contribution >= 0.6 is 11.6 Å². The largest absolute Gasteiger partial charge is 0.480 e. The first-order chi connectivity index (χ1) is 15.2. The van der Waals surface area contributed by atoms with Crippen LogP contribution in [-0.2, 0) is 11.0 Å².